The fraction of sp³-hybridized carbons (Fsp3) is 1.00. The van der Waals surface area contributed by atoms with E-state index in [1.165, 1.54) is 6.42 Å². The first-order chi connectivity index (χ1) is 4.09. The molecule has 9 heavy (non-hydrogen) atoms. The number of hydrogen-bond donors (Lipinski definition) is 0. The van der Waals surface area contributed by atoms with E-state index in [1.54, 1.807) is 0 Å². The summed E-state index contributed by atoms with van der Waals surface area (Å²) in [5.41, 5.74) is 0. The van der Waals surface area contributed by atoms with Crippen LogP contribution in [0, 0.1) is 0 Å². The van der Waals surface area contributed by atoms with Gasteiger partial charge in [0.05, 0.1) is 0 Å². The van der Waals surface area contributed by atoms with Gasteiger partial charge in [-0.25, -0.2) is 5.01 Å². The van der Waals surface area contributed by atoms with Gasteiger partial charge in [-0.15, -0.1) is 0 Å². The third-order valence-corrected chi connectivity index (χ3v) is 2.34. The maximum atomic E-state index is 2.27. The van der Waals surface area contributed by atoms with Crippen LogP contribution >= 0.6 is 22.9 Å². The molecular weight excluding hydrogens is 227 g/mol. The topological polar surface area (TPSA) is 6.48 Å². The maximum Gasteiger partial charge on any atom is 0.0366 e. The molecule has 1 atom stereocenters. The first-order valence-corrected chi connectivity index (χ1v) is 4.18. The van der Waals surface area contributed by atoms with Crippen LogP contribution in [0.15, 0.2) is 0 Å². The van der Waals surface area contributed by atoms with Gasteiger partial charge in [-0.1, -0.05) is 6.92 Å². The molecule has 0 rings (SSSR count). The predicted molar refractivity (Wildman–Crippen MR) is 49.3 cm³/mol. The van der Waals surface area contributed by atoms with Gasteiger partial charge in [0, 0.05) is 43.0 Å². The summed E-state index contributed by atoms with van der Waals surface area (Å²) in [6, 6.07) is 0.645. The second-order valence-corrected chi connectivity index (χ2v) is 3.67. The molecule has 0 fully saturated rings. The Morgan fingerprint density at radius 2 is 1.89 bits per heavy atom. The predicted octanol–water partition coefficient (Wildman–Crippen LogP) is 1.91. The van der Waals surface area contributed by atoms with E-state index in [0.717, 1.165) is 0 Å². The number of nitrogens with zero attached hydrogens (tertiary/aromatic N) is 2. The monoisotopic (exact) mass is 242 g/mol. The van der Waals surface area contributed by atoms with Crippen LogP contribution in [0.2, 0.25) is 0 Å². The number of hydrazine groups is 1. The van der Waals surface area contributed by atoms with Crippen molar-refractivity contribution in [2.75, 3.05) is 14.1 Å². The Morgan fingerprint density at radius 3 is 2.00 bits per heavy atom. The van der Waals surface area contributed by atoms with Crippen molar-refractivity contribution in [2.45, 2.75) is 26.3 Å². The van der Waals surface area contributed by atoms with E-state index in [-0.39, 0.29) is 0 Å². The van der Waals surface area contributed by atoms with E-state index in [2.05, 4.69) is 52.0 Å². The van der Waals surface area contributed by atoms with Gasteiger partial charge < -0.3 is 0 Å². The molecule has 0 saturated heterocycles. The lowest BCUT2D eigenvalue weighted by Gasteiger charge is -2.27. The van der Waals surface area contributed by atoms with Gasteiger partial charge in [0.25, 0.3) is 0 Å². The van der Waals surface area contributed by atoms with Crippen molar-refractivity contribution in [1.29, 1.82) is 0 Å². The fourth-order valence-electron chi connectivity index (χ4n) is 0.536. The number of hydrogen-bond acceptors (Lipinski definition) is 2. The molecular formula is C6H15IN2. The van der Waals surface area contributed by atoms with Crippen LogP contribution in [0.3, 0.4) is 0 Å². The van der Waals surface area contributed by atoms with Gasteiger partial charge in [-0.05, 0) is 13.3 Å². The van der Waals surface area contributed by atoms with Crippen LogP contribution < -0.4 is 0 Å². The third-order valence-electron chi connectivity index (χ3n) is 1.66. The zero-order valence-electron chi connectivity index (χ0n) is 6.56. The molecule has 3 heteroatoms. The minimum Gasteiger partial charge on any atom is -0.233 e. The molecule has 0 aromatic carbocycles. The van der Waals surface area contributed by atoms with Crippen molar-refractivity contribution in [1.82, 2.24) is 8.23 Å². The van der Waals surface area contributed by atoms with Crippen molar-refractivity contribution < 1.29 is 0 Å². The summed E-state index contributed by atoms with van der Waals surface area (Å²) in [5.74, 6) is 0. The molecule has 2 nitrogen and oxygen atoms in total. The van der Waals surface area contributed by atoms with Gasteiger partial charge in [-0.2, -0.15) is 3.22 Å². The standard InChI is InChI=1S/C6H15IN2/c1-5-6(2)8(3)9(4)7/h6H,5H2,1-4H3/t6-/m1/s1. The first kappa shape index (κ1) is 9.65. The van der Waals surface area contributed by atoms with Gasteiger partial charge in [-0.3, -0.25) is 0 Å². The molecule has 0 aromatic rings. The smallest absolute Gasteiger partial charge is 0.0366 e. The molecule has 0 amide bonds. The molecule has 0 radical (unpaired) electrons. The molecule has 0 bridgehead atoms. The normalized spacial score (nSPS) is 15.0. The van der Waals surface area contributed by atoms with E-state index in [0.29, 0.717) is 6.04 Å². The lowest BCUT2D eigenvalue weighted by atomic mass is 10.3. The second kappa shape index (κ2) is 4.46. The molecule has 0 saturated carbocycles. The summed E-state index contributed by atoms with van der Waals surface area (Å²) in [6.45, 7) is 4.41. The Labute approximate surface area is 71.7 Å². The van der Waals surface area contributed by atoms with Crippen LogP contribution in [-0.4, -0.2) is 28.4 Å². The molecule has 0 heterocycles. The molecule has 0 unspecified atom stereocenters. The zero-order valence-corrected chi connectivity index (χ0v) is 8.71. The number of rotatable bonds is 3. The number of halogens is 1. The van der Waals surface area contributed by atoms with E-state index >= 15 is 0 Å². The summed E-state index contributed by atoms with van der Waals surface area (Å²) in [4.78, 5) is 0. The quantitative estimate of drug-likeness (QED) is 0.423. The summed E-state index contributed by atoms with van der Waals surface area (Å²) < 4.78 is 2.08. The van der Waals surface area contributed by atoms with Crippen LogP contribution in [0.1, 0.15) is 20.3 Å². The van der Waals surface area contributed by atoms with Crippen LogP contribution in [0.25, 0.3) is 0 Å². The van der Waals surface area contributed by atoms with Crippen molar-refractivity contribution >= 4 is 22.9 Å². The Hall–Kier alpha value is 0.650. The summed E-state index contributed by atoms with van der Waals surface area (Å²) in [5, 5.41) is 2.21. The average Bonchev–Trinajstić information content (AvgIpc) is 1.84. The van der Waals surface area contributed by atoms with Crippen molar-refractivity contribution in [2.24, 2.45) is 0 Å². The minimum atomic E-state index is 0.645. The van der Waals surface area contributed by atoms with Gasteiger partial charge in [0.15, 0.2) is 0 Å². The molecule has 0 aliphatic heterocycles. The van der Waals surface area contributed by atoms with Gasteiger partial charge >= 0.3 is 0 Å². The highest BCUT2D eigenvalue weighted by Crippen LogP contribution is 2.06. The Bertz CT molecular complexity index is 75.5. The van der Waals surface area contributed by atoms with E-state index in [9.17, 15) is 0 Å². The fourth-order valence-corrected chi connectivity index (χ4v) is 0.961. The Kier molecular flexibility index (Phi) is 4.79. The van der Waals surface area contributed by atoms with Crippen molar-refractivity contribution in [3.63, 3.8) is 0 Å². The van der Waals surface area contributed by atoms with Gasteiger partial charge in [0.2, 0.25) is 0 Å². The van der Waals surface area contributed by atoms with E-state index in [4.69, 9.17) is 0 Å². The Morgan fingerprint density at radius 1 is 1.44 bits per heavy atom. The van der Waals surface area contributed by atoms with Crippen LogP contribution in [0.5, 0.6) is 0 Å². The van der Waals surface area contributed by atoms with Crippen LogP contribution in [-0.2, 0) is 0 Å². The molecule has 56 valence electrons. The molecule has 0 aliphatic carbocycles. The first-order valence-electron chi connectivity index (χ1n) is 3.21. The van der Waals surface area contributed by atoms with Gasteiger partial charge in [0.1, 0.15) is 0 Å². The lowest BCUT2D eigenvalue weighted by Crippen LogP contribution is -2.36. The third kappa shape index (κ3) is 3.37. The largest absolute Gasteiger partial charge is 0.233 e. The highest BCUT2D eigenvalue weighted by molar-refractivity contribution is 14.1. The summed E-state index contributed by atoms with van der Waals surface area (Å²) >= 11 is 2.27. The van der Waals surface area contributed by atoms with Crippen LogP contribution in [0.4, 0.5) is 0 Å². The molecule has 0 aliphatic rings. The molecule has 0 N–H and O–H groups in total. The average molecular weight is 242 g/mol. The van der Waals surface area contributed by atoms with E-state index < -0.39 is 0 Å². The second-order valence-electron chi connectivity index (χ2n) is 2.28. The van der Waals surface area contributed by atoms with E-state index in [1.807, 2.05) is 7.05 Å². The minimum absolute atomic E-state index is 0.645. The summed E-state index contributed by atoms with van der Waals surface area (Å²) in [7, 11) is 4.15. The van der Waals surface area contributed by atoms with Crippen molar-refractivity contribution in [3.05, 3.63) is 0 Å². The summed E-state index contributed by atoms with van der Waals surface area (Å²) in [6.07, 6.45) is 1.20. The lowest BCUT2D eigenvalue weighted by molar-refractivity contribution is 0.102. The highest BCUT2D eigenvalue weighted by Gasteiger charge is 2.07. The molecule has 0 spiro atoms. The maximum absolute atomic E-state index is 2.27. The Balaban J connectivity index is 3.58. The highest BCUT2D eigenvalue weighted by atomic mass is 127. The zero-order chi connectivity index (χ0) is 7.44. The van der Waals surface area contributed by atoms with Crippen molar-refractivity contribution in [3.8, 4) is 0 Å². The SMILES string of the molecule is CC[C@@H](C)N(C)N(C)I. The molecule has 0 aromatic heterocycles.